The molecule has 0 saturated carbocycles. The van der Waals surface area contributed by atoms with Crippen molar-refractivity contribution in [3.63, 3.8) is 0 Å². The maximum absolute atomic E-state index is 13.2. The molecule has 2 aliphatic rings. The number of ether oxygens (including phenoxy) is 2. The highest BCUT2D eigenvalue weighted by molar-refractivity contribution is 5.97. The molecule has 0 aliphatic carbocycles. The van der Waals surface area contributed by atoms with Gasteiger partial charge in [0.1, 0.15) is 5.75 Å². The largest absolute Gasteiger partial charge is 0.494 e. The molecule has 0 radical (unpaired) electrons. The number of benzene rings is 1. The van der Waals surface area contributed by atoms with Gasteiger partial charge < -0.3 is 24.8 Å². The van der Waals surface area contributed by atoms with E-state index in [1.54, 1.807) is 0 Å². The lowest BCUT2D eigenvalue weighted by atomic mass is 9.93. The number of piperidine rings is 1. The first-order valence-corrected chi connectivity index (χ1v) is 12.7. The SMILES string of the molecule is CCOCCCC(CCC(=O)O)N1CCc2cc(OCCCC3CCNCC3)ccc2C1=O. The van der Waals surface area contributed by atoms with Crippen LogP contribution < -0.4 is 10.1 Å². The van der Waals surface area contributed by atoms with Crippen LogP contribution in [0.2, 0.25) is 0 Å². The summed E-state index contributed by atoms with van der Waals surface area (Å²) in [7, 11) is 0. The molecule has 2 aliphatic heterocycles. The fourth-order valence-corrected chi connectivity index (χ4v) is 4.96. The standard InChI is InChI=1S/C26H40N2O5/c1-2-32-17-4-6-22(7-10-25(29)30)28-16-13-21-19-23(8-9-24(21)26(28)31)33-18-3-5-20-11-14-27-15-12-20/h8-9,19-20,22,27H,2-7,10-18H2,1H3,(H,29,30). The molecule has 1 saturated heterocycles. The number of nitrogens with zero attached hydrogens (tertiary/aromatic N) is 1. The topological polar surface area (TPSA) is 88.1 Å². The normalized spacial score (nSPS) is 17.6. The van der Waals surface area contributed by atoms with Gasteiger partial charge in [-0.05, 0) is 101 Å². The Balaban J connectivity index is 1.53. The van der Waals surface area contributed by atoms with E-state index in [0.29, 0.717) is 38.3 Å². The van der Waals surface area contributed by atoms with Crippen molar-refractivity contribution >= 4 is 11.9 Å². The van der Waals surface area contributed by atoms with Crippen LogP contribution in [0.15, 0.2) is 18.2 Å². The fourth-order valence-electron chi connectivity index (χ4n) is 4.96. The zero-order chi connectivity index (χ0) is 23.5. The average molecular weight is 461 g/mol. The Kier molecular flexibility index (Phi) is 10.5. The maximum Gasteiger partial charge on any atom is 0.303 e. The summed E-state index contributed by atoms with van der Waals surface area (Å²) in [4.78, 5) is 26.2. The van der Waals surface area contributed by atoms with Crippen LogP contribution >= 0.6 is 0 Å². The van der Waals surface area contributed by atoms with Crippen LogP contribution in [0.1, 0.15) is 74.2 Å². The predicted octanol–water partition coefficient (Wildman–Crippen LogP) is 3.89. The number of carboxylic acids is 1. The summed E-state index contributed by atoms with van der Waals surface area (Å²) in [6.07, 6.45) is 7.67. The van der Waals surface area contributed by atoms with Crippen LogP contribution in [0, 0.1) is 5.92 Å². The minimum Gasteiger partial charge on any atom is -0.494 e. The van der Waals surface area contributed by atoms with Crippen molar-refractivity contribution in [2.75, 3.05) is 39.5 Å². The zero-order valence-electron chi connectivity index (χ0n) is 20.0. The Bertz CT molecular complexity index is 763. The molecule has 0 spiro atoms. The molecule has 184 valence electrons. The first kappa shape index (κ1) is 25.5. The number of nitrogens with one attached hydrogen (secondary N) is 1. The maximum atomic E-state index is 13.2. The molecule has 0 aromatic heterocycles. The van der Waals surface area contributed by atoms with Crippen LogP contribution in [-0.4, -0.2) is 67.4 Å². The van der Waals surface area contributed by atoms with Gasteiger partial charge in [-0.25, -0.2) is 0 Å². The number of carboxylic acid groups (broad SMARTS) is 1. The quantitative estimate of drug-likeness (QED) is 0.410. The average Bonchev–Trinajstić information content (AvgIpc) is 2.82. The van der Waals surface area contributed by atoms with Crippen LogP contribution in [0.5, 0.6) is 5.75 Å². The van der Waals surface area contributed by atoms with Crippen molar-refractivity contribution in [1.82, 2.24) is 10.2 Å². The third kappa shape index (κ3) is 8.00. The number of carbonyl (C=O) groups excluding carboxylic acids is 1. The van der Waals surface area contributed by atoms with Gasteiger partial charge in [0.2, 0.25) is 0 Å². The van der Waals surface area contributed by atoms with Gasteiger partial charge in [-0.15, -0.1) is 0 Å². The van der Waals surface area contributed by atoms with Crippen molar-refractivity contribution < 1.29 is 24.2 Å². The molecule has 3 rings (SSSR count). The molecule has 1 amide bonds. The minimum absolute atomic E-state index is 0.000469. The van der Waals surface area contributed by atoms with E-state index < -0.39 is 5.97 Å². The van der Waals surface area contributed by atoms with E-state index in [-0.39, 0.29) is 18.4 Å². The van der Waals surface area contributed by atoms with Crippen LogP contribution in [0.4, 0.5) is 0 Å². The number of aliphatic carboxylic acids is 1. The molecule has 1 atom stereocenters. The molecule has 0 bridgehead atoms. The van der Waals surface area contributed by atoms with E-state index in [1.807, 2.05) is 30.0 Å². The Morgan fingerprint density at radius 2 is 2.03 bits per heavy atom. The van der Waals surface area contributed by atoms with Crippen molar-refractivity contribution in [1.29, 1.82) is 0 Å². The summed E-state index contributed by atoms with van der Waals surface area (Å²) >= 11 is 0. The van der Waals surface area contributed by atoms with Crippen molar-refractivity contribution in [3.8, 4) is 5.75 Å². The Morgan fingerprint density at radius 1 is 1.21 bits per heavy atom. The summed E-state index contributed by atoms with van der Waals surface area (Å²) in [5.74, 6) is 0.821. The smallest absolute Gasteiger partial charge is 0.303 e. The highest BCUT2D eigenvalue weighted by Crippen LogP contribution is 2.28. The van der Waals surface area contributed by atoms with Gasteiger partial charge in [-0.2, -0.15) is 0 Å². The first-order valence-electron chi connectivity index (χ1n) is 12.7. The van der Waals surface area contributed by atoms with Gasteiger partial charge in [-0.3, -0.25) is 9.59 Å². The molecule has 1 aromatic carbocycles. The van der Waals surface area contributed by atoms with Crippen LogP contribution in [0.3, 0.4) is 0 Å². The number of carbonyl (C=O) groups is 2. The highest BCUT2D eigenvalue weighted by atomic mass is 16.5. The molecule has 2 N–H and O–H groups in total. The third-order valence-electron chi connectivity index (χ3n) is 6.84. The van der Waals surface area contributed by atoms with Gasteiger partial charge in [0.15, 0.2) is 0 Å². The van der Waals surface area contributed by atoms with Gasteiger partial charge in [0.05, 0.1) is 6.61 Å². The van der Waals surface area contributed by atoms with E-state index in [1.165, 1.54) is 19.3 Å². The monoisotopic (exact) mass is 460 g/mol. The number of hydrogen-bond acceptors (Lipinski definition) is 5. The van der Waals surface area contributed by atoms with Gasteiger partial charge >= 0.3 is 5.97 Å². The first-order chi connectivity index (χ1) is 16.1. The van der Waals surface area contributed by atoms with E-state index in [2.05, 4.69) is 5.32 Å². The summed E-state index contributed by atoms with van der Waals surface area (Å²) < 4.78 is 11.4. The molecule has 7 heteroatoms. The number of fused-ring (bicyclic) bond motifs is 1. The Labute approximate surface area is 197 Å². The van der Waals surface area contributed by atoms with E-state index in [4.69, 9.17) is 14.6 Å². The summed E-state index contributed by atoms with van der Waals surface area (Å²) in [5.41, 5.74) is 1.74. The van der Waals surface area contributed by atoms with Gasteiger partial charge in [0, 0.05) is 37.8 Å². The molecule has 33 heavy (non-hydrogen) atoms. The van der Waals surface area contributed by atoms with E-state index >= 15 is 0 Å². The molecule has 1 unspecified atom stereocenters. The lowest BCUT2D eigenvalue weighted by Gasteiger charge is -2.36. The van der Waals surface area contributed by atoms with Crippen molar-refractivity contribution in [2.45, 2.75) is 70.8 Å². The predicted molar refractivity (Wildman–Crippen MR) is 128 cm³/mol. The fraction of sp³-hybridized carbons (Fsp3) is 0.692. The molecule has 1 aromatic rings. The van der Waals surface area contributed by atoms with E-state index in [0.717, 1.165) is 56.0 Å². The second-order valence-corrected chi connectivity index (χ2v) is 9.18. The Morgan fingerprint density at radius 3 is 2.79 bits per heavy atom. The lowest BCUT2D eigenvalue weighted by molar-refractivity contribution is -0.137. The van der Waals surface area contributed by atoms with Crippen molar-refractivity contribution in [3.05, 3.63) is 29.3 Å². The third-order valence-corrected chi connectivity index (χ3v) is 6.84. The van der Waals surface area contributed by atoms with E-state index in [9.17, 15) is 9.59 Å². The Hall–Kier alpha value is -2.12. The minimum atomic E-state index is -0.823. The van der Waals surface area contributed by atoms with Crippen LogP contribution in [-0.2, 0) is 16.0 Å². The lowest BCUT2D eigenvalue weighted by Crippen LogP contribution is -2.45. The molecular weight excluding hydrogens is 420 g/mol. The number of hydrogen-bond donors (Lipinski definition) is 2. The second-order valence-electron chi connectivity index (χ2n) is 9.18. The molecule has 1 fully saturated rings. The van der Waals surface area contributed by atoms with Gasteiger partial charge in [0.25, 0.3) is 5.91 Å². The summed E-state index contributed by atoms with van der Waals surface area (Å²) in [5, 5.41) is 12.5. The van der Waals surface area contributed by atoms with Crippen LogP contribution in [0.25, 0.3) is 0 Å². The summed E-state index contributed by atoms with van der Waals surface area (Å²) in [6, 6.07) is 5.70. The second kappa shape index (κ2) is 13.6. The van der Waals surface area contributed by atoms with Gasteiger partial charge in [-0.1, -0.05) is 0 Å². The molecular formula is C26H40N2O5. The highest BCUT2D eigenvalue weighted by Gasteiger charge is 2.30. The molecule has 2 heterocycles. The summed E-state index contributed by atoms with van der Waals surface area (Å²) in [6.45, 7) is 6.84. The van der Waals surface area contributed by atoms with Crippen molar-refractivity contribution in [2.24, 2.45) is 5.92 Å². The zero-order valence-corrected chi connectivity index (χ0v) is 20.0. The molecule has 7 nitrogen and oxygen atoms in total. The number of amides is 1. The number of rotatable bonds is 14.